The van der Waals surface area contributed by atoms with E-state index < -0.39 is 12.1 Å². The molecule has 0 aromatic carbocycles. The summed E-state index contributed by atoms with van der Waals surface area (Å²) in [7, 11) is 1.23. The smallest absolute Gasteiger partial charge is 0.334 e. The summed E-state index contributed by atoms with van der Waals surface area (Å²) in [5.41, 5.74) is 0. The maximum absolute atomic E-state index is 10.0. The Kier molecular flexibility index (Phi) is 12.1. The first-order valence-electron chi connectivity index (χ1n) is 3.93. The van der Waals surface area contributed by atoms with Crippen molar-refractivity contribution in [1.29, 1.82) is 0 Å². The monoisotopic (exact) mass is 178 g/mol. The number of carbonyl (C=O) groups excluding carboxylic acids is 1. The normalized spacial score (nSPS) is 11.1. The molecular weight excluding hydrogens is 160 g/mol. The van der Waals surface area contributed by atoms with Crippen molar-refractivity contribution < 1.29 is 19.4 Å². The predicted molar refractivity (Wildman–Crippen MR) is 45.9 cm³/mol. The quantitative estimate of drug-likeness (QED) is 0.642. The lowest BCUT2D eigenvalue weighted by molar-refractivity contribution is -0.149. The van der Waals surface area contributed by atoms with Crippen LogP contribution in [0, 0.1) is 0 Å². The van der Waals surface area contributed by atoms with E-state index in [1.165, 1.54) is 14.0 Å². The van der Waals surface area contributed by atoms with Gasteiger partial charge in [0.2, 0.25) is 0 Å². The lowest BCUT2D eigenvalue weighted by atomic mass is 10.4. The molecule has 4 nitrogen and oxygen atoms in total. The van der Waals surface area contributed by atoms with Gasteiger partial charge in [-0.15, -0.1) is 0 Å². The molecule has 0 radical (unpaired) electrons. The van der Waals surface area contributed by atoms with Gasteiger partial charge in [-0.2, -0.15) is 0 Å². The summed E-state index contributed by atoms with van der Waals surface area (Å²) in [4.78, 5) is 10.0. The van der Waals surface area contributed by atoms with Gasteiger partial charge < -0.3 is 14.6 Å². The van der Waals surface area contributed by atoms with Crippen LogP contribution in [0.5, 0.6) is 0 Å². The van der Waals surface area contributed by atoms with Crippen LogP contribution in [0.4, 0.5) is 0 Å². The van der Waals surface area contributed by atoms with E-state index in [1.54, 1.807) is 0 Å². The number of aliphatic hydroxyl groups excluding tert-OH is 1. The maximum Gasteiger partial charge on any atom is 0.334 e. The molecule has 0 saturated heterocycles. The summed E-state index contributed by atoms with van der Waals surface area (Å²) in [6, 6.07) is 0. The van der Waals surface area contributed by atoms with Crippen molar-refractivity contribution in [1.82, 2.24) is 0 Å². The number of esters is 1. The molecule has 1 atom stereocenters. The highest BCUT2D eigenvalue weighted by Crippen LogP contribution is 1.80. The van der Waals surface area contributed by atoms with Crippen LogP contribution >= 0.6 is 0 Å². The molecule has 0 aromatic heterocycles. The van der Waals surface area contributed by atoms with E-state index in [-0.39, 0.29) is 0 Å². The Morgan fingerprint density at radius 3 is 1.83 bits per heavy atom. The predicted octanol–water partition coefficient (Wildman–Crippen LogP) is 0.583. The van der Waals surface area contributed by atoms with E-state index in [0.717, 1.165) is 13.2 Å². The molecule has 1 unspecified atom stereocenters. The zero-order chi connectivity index (χ0) is 9.98. The van der Waals surface area contributed by atoms with Crippen molar-refractivity contribution in [2.75, 3.05) is 20.3 Å². The molecule has 0 saturated carbocycles. The van der Waals surface area contributed by atoms with Crippen LogP contribution in [0.2, 0.25) is 0 Å². The van der Waals surface area contributed by atoms with Crippen molar-refractivity contribution in [3.8, 4) is 0 Å². The van der Waals surface area contributed by atoms with E-state index in [1.807, 2.05) is 13.8 Å². The van der Waals surface area contributed by atoms with Crippen LogP contribution < -0.4 is 0 Å². The van der Waals surface area contributed by atoms with Crippen LogP contribution in [0.15, 0.2) is 0 Å². The first kappa shape index (κ1) is 13.9. The summed E-state index contributed by atoms with van der Waals surface area (Å²) in [6.07, 6.45) is -0.995. The fourth-order valence-electron chi connectivity index (χ4n) is 0.375. The van der Waals surface area contributed by atoms with Gasteiger partial charge >= 0.3 is 5.97 Å². The third-order valence-corrected chi connectivity index (χ3v) is 0.951. The van der Waals surface area contributed by atoms with Crippen LogP contribution in [-0.4, -0.2) is 37.5 Å². The minimum Gasteiger partial charge on any atom is -0.467 e. The summed E-state index contributed by atoms with van der Waals surface area (Å²) in [5.74, 6) is -0.597. The van der Waals surface area contributed by atoms with E-state index in [4.69, 9.17) is 9.84 Å². The van der Waals surface area contributed by atoms with E-state index in [2.05, 4.69) is 4.74 Å². The number of ether oxygens (including phenoxy) is 2. The molecule has 0 spiro atoms. The molecule has 1 N–H and O–H groups in total. The molecule has 0 aliphatic heterocycles. The lowest BCUT2D eigenvalue weighted by Crippen LogP contribution is -2.16. The second-order valence-corrected chi connectivity index (χ2v) is 1.98. The van der Waals surface area contributed by atoms with Crippen molar-refractivity contribution in [3.05, 3.63) is 0 Å². The van der Waals surface area contributed by atoms with Crippen molar-refractivity contribution in [3.63, 3.8) is 0 Å². The van der Waals surface area contributed by atoms with Crippen LogP contribution in [0.1, 0.15) is 20.8 Å². The third-order valence-electron chi connectivity index (χ3n) is 0.951. The number of hydrogen-bond acceptors (Lipinski definition) is 4. The summed E-state index contributed by atoms with van der Waals surface area (Å²) < 4.78 is 8.96. The molecule has 0 aliphatic carbocycles. The van der Waals surface area contributed by atoms with Crippen molar-refractivity contribution >= 4 is 5.97 Å². The first-order chi connectivity index (χ1) is 5.59. The van der Waals surface area contributed by atoms with Crippen LogP contribution in [0.3, 0.4) is 0 Å². The number of aliphatic hydroxyl groups is 1. The Labute approximate surface area is 73.5 Å². The van der Waals surface area contributed by atoms with Gasteiger partial charge in [0.05, 0.1) is 7.11 Å². The standard InChI is InChI=1S/C4H8O3.C4H10O/c1-3(5)4(6)7-2;1-3-5-4-2/h3,5H,1-2H3;3-4H2,1-2H3. The highest BCUT2D eigenvalue weighted by atomic mass is 16.5. The maximum atomic E-state index is 10.0. The lowest BCUT2D eigenvalue weighted by Gasteiger charge is -1.97. The highest BCUT2D eigenvalue weighted by molar-refractivity contribution is 5.73. The fourth-order valence-corrected chi connectivity index (χ4v) is 0.375. The summed E-state index contributed by atoms with van der Waals surface area (Å²) in [6.45, 7) is 7.02. The van der Waals surface area contributed by atoms with Gasteiger partial charge in [0, 0.05) is 13.2 Å². The van der Waals surface area contributed by atoms with Crippen LogP contribution in [-0.2, 0) is 14.3 Å². The SMILES string of the molecule is CCOCC.COC(=O)C(C)O. The molecule has 0 amide bonds. The number of rotatable bonds is 3. The highest BCUT2D eigenvalue weighted by Gasteiger charge is 2.05. The van der Waals surface area contributed by atoms with Gasteiger partial charge in [0.25, 0.3) is 0 Å². The average Bonchev–Trinajstić information content (AvgIpc) is 2.05. The largest absolute Gasteiger partial charge is 0.467 e. The Morgan fingerprint density at radius 1 is 1.42 bits per heavy atom. The number of methoxy groups -OCH3 is 1. The molecular formula is C8H18O4. The van der Waals surface area contributed by atoms with Gasteiger partial charge in [0.15, 0.2) is 0 Å². The summed E-state index contributed by atoms with van der Waals surface area (Å²) >= 11 is 0. The van der Waals surface area contributed by atoms with Crippen LogP contribution in [0.25, 0.3) is 0 Å². The zero-order valence-electron chi connectivity index (χ0n) is 8.16. The number of carbonyl (C=O) groups is 1. The average molecular weight is 178 g/mol. The van der Waals surface area contributed by atoms with Gasteiger partial charge in [-0.25, -0.2) is 4.79 Å². The minimum absolute atomic E-state index is 0.597. The first-order valence-corrected chi connectivity index (χ1v) is 3.93. The van der Waals surface area contributed by atoms with Gasteiger partial charge in [-0.1, -0.05) is 0 Å². The molecule has 0 aromatic rings. The molecule has 74 valence electrons. The topological polar surface area (TPSA) is 55.8 Å². The molecule has 0 aliphatic rings. The second kappa shape index (κ2) is 10.4. The Morgan fingerprint density at radius 2 is 1.83 bits per heavy atom. The summed E-state index contributed by atoms with van der Waals surface area (Å²) in [5, 5.41) is 8.35. The molecule has 4 heteroatoms. The van der Waals surface area contributed by atoms with E-state index >= 15 is 0 Å². The van der Waals surface area contributed by atoms with Gasteiger partial charge in [0.1, 0.15) is 6.10 Å². The van der Waals surface area contributed by atoms with Gasteiger partial charge in [-0.05, 0) is 20.8 Å². The van der Waals surface area contributed by atoms with Crippen molar-refractivity contribution in [2.24, 2.45) is 0 Å². The molecule has 0 rings (SSSR count). The minimum atomic E-state index is -0.995. The zero-order valence-corrected chi connectivity index (χ0v) is 8.16. The Hall–Kier alpha value is -0.610. The molecule has 0 fully saturated rings. The molecule has 0 heterocycles. The molecule has 0 bridgehead atoms. The number of hydrogen-bond donors (Lipinski definition) is 1. The third kappa shape index (κ3) is 12.1. The Balaban J connectivity index is 0. The van der Waals surface area contributed by atoms with Gasteiger partial charge in [-0.3, -0.25) is 0 Å². The fraction of sp³-hybridized carbons (Fsp3) is 0.875. The second-order valence-electron chi connectivity index (χ2n) is 1.98. The van der Waals surface area contributed by atoms with E-state index in [9.17, 15) is 4.79 Å². The van der Waals surface area contributed by atoms with E-state index in [0.29, 0.717) is 0 Å². The molecule has 12 heavy (non-hydrogen) atoms. The van der Waals surface area contributed by atoms with Crippen molar-refractivity contribution in [2.45, 2.75) is 26.9 Å². The Bertz CT molecular complexity index is 99.2.